The molecule has 0 rings (SSSR count). The summed E-state index contributed by atoms with van der Waals surface area (Å²) in [5, 5.41) is 2.65. The van der Waals surface area contributed by atoms with Crippen molar-refractivity contribution in [2.75, 3.05) is 66.4 Å². The van der Waals surface area contributed by atoms with E-state index in [2.05, 4.69) is 10.1 Å². The van der Waals surface area contributed by atoms with E-state index in [1.54, 1.807) is 0 Å². The maximum absolute atomic E-state index is 11.0. The fraction of sp³-hybridized carbons (Fsp3) is 0.909. The fourth-order valence-corrected chi connectivity index (χ4v) is 1.07. The van der Waals surface area contributed by atoms with E-state index in [0.717, 1.165) is 0 Å². The molecule has 0 spiro atoms. The van der Waals surface area contributed by atoms with Crippen molar-refractivity contribution < 1.29 is 23.7 Å². The Bertz CT molecular complexity index is 192. The SMILES string of the molecule is COCC(=O)NCCOCCOCCOCCN. The third-order valence-corrected chi connectivity index (χ3v) is 1.85. The maximum atomic E-state index is 11.0. The van der Waals surface area contributed by atoms with Crippen LogP contribution < -0.4 is 11.1 Å². The molecule has 0 heterocycles. The molecule has 3 N–H and O–H groups in total. The summed E-state index contributed by atoms with van der Waals surface area (Å²) < 4.78 is 20.3. The number of carbonyl (C=O) groups excluding carboxylic acids is 1. The second-order valence-electron chi connectivity index (χ2n) is 3.41. The van der Waals surface area contributed by atoms with Crippen molar-refractivity contribution in [3.8, 4) is 0 Å². The van der Waals surface area contributed by atoms with E-state index in [0.29, 0.717) is 52.7 Å². The highest BCUT2D eigenvalue weighted by Crippen LogP contribution is 1.80. The van der Waals surface area contributed by atoms with Crippen LogP contribution in [0, 0.1) is 0 Å². The minimum absolute atomic E-state index is 0.0753. The predicted octanol–water partition coefficient (Wildman–Crippen LogP) is -1.24. The molecule has 0 aliphatic rings. The van der Waals surface area contributed by atoms with Crippen molar-refractivity contribution in [2.45, 2.75) is 0 Å². The summed E-state index contributed by atoms with van der Waals surface area (Å²) in [4.78, 5) is 11.0. The van der Waals surface area contributed by atoms with E-state index in [1.807, 2.05) is 0 Å². The van der Waals surface area contributed by atoms with Gasteiger partial charge >= 0.3 is 0 Å². The Labute approximate surface area is 108 Å². The molecule has 0 radical (unpaired) electrons. The van der Waals surface area contributed by atoms with Crippen LogP contribution in [0.4, 0.5) is 0 Å². The second kappa shape index (κ2) is 14.3. The number of nitrogens with two attached hydrogens (primary N) is 1. The van der Waals surface area contributed by atoms with E-state index in [1.165, 1.54) is 7.11 Å². The van der Waals surface area contributed by atoms with Crippen molar-refractivity contribution in [3.05, 3.63) is 0 Å². The molecule has 0 unspecified atom stereocenters. The first kappa shape index (κ1) is 17.3. The van der Waals surface area contributed by atoms with Crippen LogP contribution in [0.3, 0.4) is 0 Å². The maximum Gasteiger partial charge on any atom is 0.246 e. The zero-order valence-corrected chi connectivity index (χ0v) is 11.0. The van der Waals surface area contributed by atoms with E-state index in [-0.39, 0.29) is 12.5 Å². The van der Waals surface area contributed by atoms with Gasteiger partial charge in [-0.3, -0.25) is 4.79 Å². The van der Waals surface area contributed by atoms with Crippen LogP contribution in [0.25, 0.3) is 0 Å². The van der Waals surface area contributed by atoms with Crippen LogP contribution in [-0.4, -0.2) is 72.4 Å². The molecule has 1 amide bonds. The topological polar surface area (TPSA) is 92.0 Å². The van der Waals surface area contributed by atoms with Crippen LogP contribution in [0.5, 0.6) is 0 Å². The van der Waals surface area contributed by atoms with E-state index < -0.39 is 0 Å². The van der Waals surface area contributed by atoms with Crippen molar-refractivity contribution in [1.82, 2.24) is 5.32 Å². The van der Waals surface area contributed by atoms with Gasteiger partial charge in [-0.15, -0.1) is 0 Å². The fourth-order valence-electron chi connectivity index (χ4n) is 1.07. The Balaban J connectivity index is 3.01. The molecule has 0 bridgehead atoms. The molecule has 7 heteroatoms. The minimum atomic E-state index is -0.144. The monoisotopic (exact) mass is 264 g/mol. The van der Waals surface area contributed by atoms with Crippen molar-refractivity contribution in [1.29, 1.82) is 0 Å². The number of carbonyl (C=O) groups is 1. The van der Waals surface area contributed by atoms with Crippen LogP contribution >= 0.6 is 0 Å². The predicted molar refractivity (Wildman–Crippen MR) is 66.4 cm³/mol. The lowest BCUT2D eigenvalue weighted by molar-refractivity contribution is -0.125. The Morgan fingerprint density at radius 2 is 1.56 bits per heavy atom. The Morgan fingerprint density at radius 3 is 2.11 bits per heavy atom. The molecule has 7 nitrogen and oxygen atoms in total. The molecular weight excluding hydrogens is 240 g/mol. The Morgan fingerprint density at radius 1 is 1.00 bits per heavy atom. The summed E-state index contributed by atoms with van der Waals surface area (Å²) in [6.07, 6.45) is 0. The number of nitrogens with one attached hydrogen (secondary N) is 1. The van der Waals surface area contributed by atoms with Gasteiger partial charge < -0.3 is 30.0 Å². The molecule has 0 saturated heterocycles. The van der Waals surface area contributed by atoms with E-state index >= 15 is 0 Å². The zero-order valence-electron chi connectivity index (χ0n) is 11.0. The highest BCUT2D eigenvalue weighted by molar-refractivity contribution is 5.77. The van der Waals surface area contributed by atoms with E-state index in [4.69, 9.17) is 19.9 Å². The molecule has 0 aromatic carbocycles. The second-order valence-corrected chi connectivity index (χ2v) is 3.41. The third kappa shape index (κ3) is 13.3. The number of rotatable bonds is 13. The van der Waals surface area contributed by atoms with Gasteiger partial charge in [-0.05, 0) is 0 Å². The molecule has 0 fully saturated rings. The van der Waals surface area contributed by atoms with Crippen LogP contribution in [0.15, 0.2) is 0 Å². The van der Waals surface area contributed by atoms with E-state index in [9.17, 15) is 4.79 Å². The number of hydrogen-bond acceptors (Lipinski definition) is 6. The summed E-state index contributed by atoms with van der Waals surface area (Å²) in [5.74, 6) is -0.144. The molecular formula is C11H24N2O5. The summed E-state index contributed by atoms with van der Waals surface area (Å²) >= 11 is 0. The van der Waals surface area contributed by atoms with Gasteiger partial charge in [0.1, 0.15) is 6.61 Å². The number of methoxy groups -OCH3 is 1. The number of ether oxygens (including phenoxy) is 4. The number of hydrogen-bond donors (Lipinski definition) is 2. The average molecular weight is 264 g/mol. The van der Waals surface area contributed by atoms with Gasteiger partial charge in [-0.25, -0.2) is 0 Å². The van der Waals surface area contributed by atoms with Crippen molar-refractivity contribution >= 4 is 5.91 Å². The molecule has 18 heavy (non-hydrogen) atoms. The normalized spacial score (nSPS) is 10.6. The van der Waals surface area contributed by atoms with Crippen LogP contribution in [0.2, 0.25) is 0 Å². The molecule has 0 aliphatic heterocycles. The van der Waals surface area contributed by atoms with Crippen LogP contribution in [0.1, 0.15) is 0 Å². The van der Waals surface area contributed by atoms with Gasteiger partial charge in [-0.2, -0.15) is 0 Å². The van der Waals surface area contributed by atoms with Crippen molar-refractivity contribution in [3.63, 3.8) is 0 Å². The largest absolute Gasteiger partial charge is 0.378 e. The van der Waals surface area contributed by atoms with Gasteiger partial charge in [0, 0.05) is 20.2 Å². The molecule has 108 valence electrons. The first-order valence-electron chi connectivity index (χ1n) is 6.00. The van der Waals surface area contributed by atoms with Gasteiger partial charge in [-0.1, -0.05) is 0 Å². The van der Waals surface area contributed by atoms with Gasteiger partial charge in [0.25, 0.3) is 0 Å². The van der Waals surface area contributed by atoms with Crippen LogP contribution in [-0.2, 0) is 23.7 Å². The smallest absolute Gasteiger partial charge is 0.246 e. The molecule has 0 aromatic rings. The summed E-state index contributed by atoms with van der Waals surface area (Å²) in [5.41, 5.74) is 5.25. The van der Waals surface area contributed by atoms with Gasteiger partial charge in [0.15, 0.2) is 0 Å². The summed E-state index contributed by atoms with van der Waals surface area (Å²) in [6, 6.07) is 0. The first-order chi connectivity index (χ1) is 8.81. The molecule has 0 aromatic heterocycles. The van der Waals surface area contributed by atoms with Gasteiger partial charge in [0.2, 0.25) is 5.91 Å². The third-order valence-electron chi connectivity index (χ3n) is 1.85. The first-order valence-corrected chi connectivity index (χ1v) is 6.00. The average Bonchev–Trinajstić information content (AvgIpc) is 2.36. The quantitative estimate of drug-likeness (QED) is 0.404. The minimum Gasteiger partial charge on any atom is -0.378 e. The Hall–Kier alpha value is -0.730. The lowest BCUT2D eigenvalue weighted by atomic mass is 10.6. The standard InChI is InChI=1S/C11H24N2O5/c1-15-10-11(14)13-3-5-17-7-9-18-8-6-16-4-2-12/h2-10,12H2,1H3,(H,13,14). The Kier molecular flexibility index (Phi) is 13.8. The molecule has 0 aliphatic carbocycles. The molecule has 0 saturated carbocycles. The number of amides is 1. The van der Waals surface area contributed by atoms with Crippen molar-refractivity contribution in [2.24, 2.45) is 5.73 Å². The van der Waals surface area contributed by atoms with Gasteiger partial charge in [0.05, 0.1) is 39.6 Å². The molecule has 0 atom stereocenters. The zero-order chi connectivity index (χ0) is 13.5. The summed E-state index contributed by atoms with van der Waals surface area (Å²) in [7, 11) is 1.48. The highest BCUT2D eigenvalue weighted by Gasteiger charge is 1.97. The lowest BCUT2D eigenvalue weighted by Crippen LogP contribution is -2.30. The summed E-state index contributed by atoms with van der Waals surface area (Å²) in [6.45, 7) is 4.18. The lowest BCUT2D eigenvalue weighted by Gasteiger charge is -2.07. The highest BCUT2D eigenvalue weighted by atomic mass is 16.5.